The summed E-state index contributed by atoms with van der Waals surface area (Å²) in [5.41, 5.74) is 7.25. The Labute approximate surface area is 127 Å². The van der Waals surface area contributed by atoms with Gasteiger partial charge in [0, 0.05) is 37.4 Å². The highest BCUT2D eigenvalue weighted by Crippen LogP contribution is 2.23. The van der Waals surface area contributed by atoms with Gasteiger partial charge in [-0.3, -0.25) is 4.90 Å². The molecule has 0 aliphatic carbocycles. The minimum absolute atomic E-state index is 0.0770. The Kier molecular flexibility index (Phi) is 4.33. The molecule has 0 bridgehead atoms. The SMILES string of the molecule is Cc1cc(S(=O)(=O)N2CCN(C(C)(C)C)CC2)ccc1N. The van der Waals surface area contributed by atoms with Gasteiger partial charge in [0.15, 0.2) is 0 Å². The van der Waals surface area contributed by atoms with Crippen LogP contribution in [0.1, 0.15) is 26.3 Å². The Bertz CT molecular complexity index is 612. The molecular weight excluding hydrogens is 286 g/mol. The van der Waals surface area contributed by atoms with Crippen LogP contribution in [-0.2, 0) is 10.0 Å². The van der Waals surface area contributed by atoms with E-state index < -0.39 is 10.0 Å². The van der Waals surface area contributed by atoms with Crippen molar-refractivity contribution in [3.05, 3.63) is 23.8 Å². The van der Waals surface area contributed by atoms with Gasteiger partial charge in [-0.1, -0.05) is 0 Å². The summed E-state index contributed by atoms with van der Waals surface area (Å²) in [7, 11) is -3.42. The van der Waals surface area contributed by atoms with E-state index in [-0.39, 0.29) is 5.54 Å². The number of nitrogens with zero attached hydrogens (tertiary/aromatic N) is 2. The van der Waals surface area contributed by atoms with Crippen molar-refractivity contribution < 1.29 is 8.42 Å². The van der Waals surface area contributed by atoms with Gasteiger partial charge in [0.05, 0.1) is 4.90 Å². The fourth-order valence-electron chi connectivity index (χ4n) is 2.56. The Morgan fingerprint density at radius 1 is 1.10 bits per heavy atom. The fourth-order valence-corrected chi connectivity index (χ4v) is 4.06. The van der Waals surface area contributed by atoms with Crippen molar-refractivity contribution in [2.24, 2.45) is 0 Å². The largest absolute Gasteiger partial charge is 0.399 e. The van der Waals surface area contributed by atoms with Crippen molar-refractivity contribution in [3.8, 4) is 0 Å². The first kappa shape index (κ1) is 16.3. The quantitative estimate of drug-likeness (QED) is 0.844. The van der Waals surface area contributed by atoms with E-state index in [1.165, 1.54) is 0 Å². The summed E-state index contributed by atoms with van der Waals surface area (Å²) in [6.45, 7) is 10.9. The van der Waals surface area contributed by atoms with E-state index in [9.17, 15) is 8.42 Å². The van der Waals surface area contributed by atoms with E-state index in [1.54, 1.807) is 22.5 Å². The van der Waals surface area contributed by atoms with E-state index in [2.05, 4.69) is 25.7 Å². The third-order valence-corrected chi connectivity index (χ3v) is 5.96. The minimum atomic E-state index is -3.42. The molecule has 0 saturated carbocycles. The lowest BCUT2D eigenvalue weighted by Gasteiger charge is -2.41. The normalized spacial score (nSPS) is 18.9. The second-order valence-electron chi connectivity index (χ2n) is 6.58. The van der Waals surface area contributed by atoms with Crippen molar-refractivity contribution >= 4 is 15.7 Å². The summed E-state index contributed by atoms with van der Waals surface area (Å²) in [6.07, 6.45) is 0. The Hall–Kier alpha value is -1.11. The van der Waals surface area contributed by atoms with Crippen molar-refractivity contribution in [1.82, 2.24) is 9.21 Å². The first-order chi connectivity index (χ1) is 9.62. The molecule has 0 aromatic heterocycles. The smallest absolute Gasteiger partial charge is 0.243 e. The van der Waals surface area contributed by atoms with Crippen LogP contribution in [0.4, 0.5) is 5.69 Å². The van der Waals surface area contributed by atoms with E-state index in [0.29, 0.717) is 23.7 Å². The van der Waals surface area contributed by atoms with Crippen LogP contribution in [0.2, 0.25) is 0 Å². The first-order valence-corrected chi connectivity index (χ1v) is 8.68. The number of nitrogen functional groups attached to an aromatic ring is 1. The molecule has 0 amide bonds. The zero-order valence-corrected chi connectivity index (χ0v) is 14.1. The Morgan fingerprint density at radius 3 is 2.14 bits per heavy atom. The maximum absolute atomic E-state index is 12.7. The van der Waals surface area contributed by atoms with Crippen LogP contribution in [-0.4, -0.2) is 49.3 Å². The van der Waals surface area contributed by atoms with Crippen LogP contribution in [0.5, 0.6) is 0 Å². The zero-order chi connectivity index (χ0) is 15.8. The fraction of sp³-hybridized carbons (Fsp3) is 0.600. The second kappa shape index (κ2) is 5.59. The molecule has 1 heterocycles. The molecule has 1 aliphatic rings. The molecule has 118 valence electrons. The molecule has 1 aromatic carbocycles. The van der Waals surface area contributed by atoms with Crippen molar-refractivity contribution in [3.63, 3.8) is 0 Å². The Morgan fingerprint density at radius 2 is 1.67 bits per heavy atom. The highest BCUT2D eigenvalue weighted by Gasteiger charge is 2.32. The van der Waals surface area contributed by atoms with Gasteiger partial charge in [-0.05, 0) is 51.5 Å². The zero-order valence-electron chi connectivity index (χ0n) is 13.3. The molecule has 1 aromatic rings. The van der Waals surface area contributed by atoms with Crippen LogP contribution < -0.4 is 5.73 Å². The van der Waals surface area contributed by atoms with Gasteiger partial charge in [-0.2, -0.15) is 4.31 Å². The summed E-state index contributed by atoms with van der Waals surface area (Å²) in [5, 5.41) is 0. The summed E-state index contributed by atoms with van der Waals surface area (Å²) < 4.78 is 26.9. The predicted molar refractivity (Wildman–Crippen MR) is 85.7 cm³/mol. The third kappa shape index (κ3) is 3.39. The number of sulfonamides is 1. The van der Waals surface area contributed by atoms with Gasteiger partial charge >= 0.3 is 0 Å². The van der Waals surface area contributed by atoms with E-state index in [0.717, 1.165) is 18.7 Å². The molecule has 0 spiro atoms. The lowest BCUT2D eigenvalue weighted by molar-refractivity contribution is 0.0922. The maximum Gasteiger partial charge on any atom is 0.243 e. The molecule has 0 radical (unpaired) electrons. The number of rotatable bonds is 2. The van der Waals surface area contributed by atoms with Crippen molar-refractivity contribution in [2.75, 3.05) is 31.9 Å². The molecular formula is C15H25N3O2S. The standard InChI is InChI=1S/C15H25N3O2S/c1-12-11-13(5-6-14(12)16)21(19,20)18-9-7-17(8-10-18)15(2,3)4/h5-6,11H,7-10,16H2,1-4H3. The maximum atomic E-state index is 12.7. The van der Waals surface area contributed by atoms with Crippen molar-refractivity contribution in [1.29, 1.82) is 0 Å². The van der Waals surface area contributed by atoms with Gasteiger partial charge in [0.2, 0.25) is 10.0 Å². The summed E-state index contributed by atoms with van der Waals surface area (Å²) in [5.74, 6) is 0. The van der Waals surface area contributed by atoms with Crippen LogP contribution in [0.25, 0.3) is 0 Å². The van der Waals surface area contributed by atoms with Crippen LogP contribution in [0.3, 0.4) is 0 Å². The van der Waals surface area contributed by atoms with Gasteiger partial charge < -0.3 is 5.73 Å². The topological polar surface area (TPSA) is 66.6 Å². The number of aryl methyl sites for hydroxylation is 1. The number of anilines is 1. The van der Waals surface area contributed by atoms with E-state index >= 15 is 0 Å². The molecule has 21 heavy (non-hydrogen) atoms. The van der Waals surface area contributed by atoms with Crippen LogP contribution >= 0.6 is 0 Å². The molecule has 2 rings (SSSR count). The number of benzene rings is 1. The lowest BCUT2D eigenvalue weighted by Crippen LogP contribution is -2.54. The molecule has 1 fully saturated rings. The third-order valence-electron chi connectivity index (χ3n) is 4.07. The lowest BCUT2D eigenvalue weighted by atomic mass is 10.1. The minimum Gasteiger partial charge on any atom is -0.399 e. The summed E-state index contributed by atoms with van der Waals surface area (Å²) in [6, 6.07) is 4.90. The number of piperazine rings is 1. The van der Waals surface area contributed by atoms with Gasteiger partial charge in [-0.25, -0.2) is 8.42 Å². The van der Waals surface area contributed by atoms with E-state index in [4.69, 9.17) is 5.73 Å². The molecule has 6 heteroatoms. The summed E-state index contributed by atoms with van der Waals surface area (Å²) in [4.78, 5) is 2.64. The first-order valence-electron chi connectivity index (χ1n) is 7.24. The molecule has 1 aliphatic heterocycles. The van der Waals surface area contributed by atoms with E-state index in [1.807, 2.05) is 6.92 Å². The molecule has 5 nitrogen and oxygen atoms in total. The summed E-state index contributed by atoms with van der Waals surface area (Å²) >= 11 is 0. The molecule has 0 unspecified atom stereocenters. The number of hydrogen-bond acceptors (Lipinski definition) is 4. The predicted octanol–water partition coefficient (Wildman–Crippen LogP) is 1.68. The molecule has 0 atom stereocenters. The number of hydrogen-bond donors (Lipinski definition) is 1. The number of nitrogens with two attached hydrogens (primary N) is 1. The molecule has 1 saturated heterocycles. The molecule has 2 N–H and O–H groups in total. The van der Waals surface area contributed by atoms with Gasteiger partial charge in [-0.15, -0.1) is 0 Å². The van der Waals surface area contributed by atoms with Gasteiger partial charge in [0.25, 0.3) is 0 Å². The highest BCUT2D eigenvalue weighted by molar-refractivity contribution is 7.89. The monoisotopic (exact) mass is 311 g/mol. The van der Waals surface area contributed by atoms with Crippen molar-refractivity contribution in [2.45, 2.75) is 38.1 Å². The van der Waals surface area contributed by atoms with Crippen LogP contribution in [0.15, 0.2) is 23.1 Å². The average Bonchev–Trinajstić information content (AvgIpc) is 2.41. The van der Waals surface area contributed by atoms with Crippen LogP contribution in [0, 0.1) is 6.92 Å². The van der Waals surface area contributed by atoms with Gasteiger partial charge in [0.1, 0.15) is 0 Å². The average molecular weight is 311 g/mol. The second-order valence-corrected chi connectivity index (χ2v) is 8.52. The highest BCUT2D eigenvalue weighted by atomic mass is 32.2. The Balaban J connectivity index is 2.17.